The highest BCUT2D eigenvalue weighted by molar-refractivity contribution is 6.30. The van der Waals surface area contributed by atoms with E-state index in [9.17, 15) is 14.4 Å². The second-order valence-electron chi connectivity index (χ2n) is 9.98. The van der Waals surface area contributed by atoms with Gasteiger partial charge in [-0.25, -0.2) is 14.8 Å². The summed E-state index contributed by atoms with van der Waals surface area (Å²) < 4.78 is 0. The zero-order valence-electron chi connectivity index (χ0n) is 20.0. The number of nitrogens with one attached hydrogen (secondary N) is 2. The molecule has 3 heterocycles. The number of carbonyl (C=O) groups is 3. The molecule has 3 aliphatic heterocycles. The van der Waals surface area contributed by atoms with E-state index in [4.69, 9.17) is 11.6 Å². The molecule has 0 aromatic heterocycles. The first kappa shape index (κ1) is 24.2. The van der Waals surface area contributed by atoms with Crippen LogP contribution in [-0.4, -0.2) is 95.2 Å². The van der Waals surface area contributed by atoms with Crippen molar-refractivity contribution in [1.29, 1.82) is 0 Å². The maximum absolute atomic E-state index is 13.4. The molecule has 2 fully saturated rings. The Morgan fingerprint density at radius 3 is 2.26 bits per heavy atom. The lowest BCUT2D eigenvalue weighted by atomic mass is 9.85. The number of carbonyl (C=O) groups excluding carboxylic acids is 3. The Hall–Kier alpha value is -2.98. The van der Waals surface area contributed by atoms with Crippen molar-refractivity contribution >= 4 is 35.1 Å². The van der Waals surface area contributed by atoms with Crippen molar-refractivity contribution in [2.75, 3.05) is 51.9 Å². The molecule has 1 atom stereocenters. The summed E-state index contributed by atoms with van der Waals surface area (Å²) in [5.41, 5.74) is 0.817. The molecule has 0 spiro atoms. The van der Waals surface area contributed by atoms with E-state index < -0.39 is 17.5 Å². The van der Waals surface area contributed by atoms with Crippen LogP contribution in [-0.2, 0) is 9.59 Å². The summed E-state index contributed by atoms with van der Waals surface area (Å²) in [7, 11) is 1.95. The van der Waals surface area contributed by atoms with Crippen molar-refractivity contribution in [2.24, 2.45) is 5.41 Å². The summed E-state index contributed by atoms with van der Waals surface area (Å²) in [6.45, 7) is 9.08. The molecule has 2 N–H and O–H groups in total. The van der Waals surface area contributed by atoms with Crippen molar-refractivity contribution in [1.82, 2.24) is 30.0 Å². The fourth-order valence-electron chi connectivity index (χ4n) is 4.38. The minimum Gasteiger partial charge on any atom is -0.361 e. The topological polar surface area (TPSA) is 91.5 Å². The molecule has 0 saturated carbocycles. The Bertz CT molecular complexity index is 983. The normalized spacial score (nSPS) is 19.8. The standard InChI is InChI=1S/C23H32ClN7O3/c1-23(2,3)19(26-22(34)25-17-7-5-16(24)6-8-17)21(33)28-9-11-30(12-10-28)31-15-29-14-27(4)13-18(29)20(31)32/h5-8,13,19H,9-12,14-15H2,1-4H3,(H2,25,26,34)/t19-/m0/s1. The summed E-state index contributed by atoms with van der Waals surface area (Å²) in [6, 6.07) is 5.63. The lowest BCUT2D eigenvalue weighted by Crippen LogP contribution is -2.61. The van der Waals surface area contributed by atoms with Gasteiger partial charge in [-0.2, -0.15) is 0 Å². The minimum atomic E-state index is -0.703. The third-order valence-corrected chi connectivity index (χ3v) is 6.49. The number of hydrazine groups is 1. The molecule has 3 aliphatic rings. The van der Waals surface area contributed by atoms with Crippen molar-refractivity contribution < 1.29 is 14.4 Å². The first-order valence-corrected chi connectivity index (χ1v) is 11.8. The van der Waals surface area contributed by atoms with Crippen LogP contribution < -0.4 is 10.6 Å². The lowest BCUT2D eigenvalue weighted by molar-refractivity contribution is -0.150. The number of piperazine rings is 1. The van der Waals surface area contributed by atoms with E-state index in [1.54, 1.807) is 34.2 Å². The van der Waals surface area contributed by atoms with Gasteiger partial charge < -0.3 is 25.3 Å². The molecule has 2 saturated heterocycles. The van der Waals surface area contributed by atoms with Crippen LogP contribution in [0.15, 0.2) is 36.2 Å². The summed E-state index contributed by atoms with van der Waals surface area (Å²) in [5.74, 6) is -0.131. The van der Waals surface area contributed by atoms with Gasteiger partial charge in [-0.15, -0.1) is 0 Å². The number of hydrogen-bond acceptors (Lipinski definition) is 6. The van der Waals surface area contributed by atoms with Gasteiger partial charge in [0, 0.05) is 50.1 Å². The molecule has 4 amide bonds. The third kappa shape index (κ3) is 5.07. The molecule has 0 unspecified atom stereocenters. The number of hydrogen-bond donors (Lipinski definition) is 2. The van der Waals surface area contributed by atoms with Crippen LogP contribution >= 0.6 is 11.6 Å². The van der Waals surface area contributed by atoms with Crippen LogP contribution in [0.1, 0.15) is 20.8 Å². The predicted octanol–water partition coefficient (Wildman–Crippen LogP) is 1.78. The van der Waals surface area contributed by atoms with Gasteiger partial charge in [-0.3, -0.25) is 9.59 Å². The molecule has 34 heavy (non-hydrogen) atoms. The first-order valence-electron chi connectivity index (χ1n) is 11.4. The number of halogens is 1. The van der Waals surface area contributed by atoms with Gasteiger partial charge in [0.2, 0.25) is 5.91 Å². The Morgan fingerprint density at radius 2 is 1.68 bits per heavy atom. The summed E-state index contributed by atoms with van der Waals surface area (Å²) in [4.78, 5) is 44.6. The van der Waals surface area contributed by atoms with Gasteiger partial charge >= 0.3 is 6.03 Å². The monoisotopic (exact) mass is 489 g/mol. The lowest BCUT2D eigenvalue weighted by Gasteiger charge is -2.41. The van der Waals surface area contributed by atoms with Crippen molar-refractivity contribution in [3.8, 4) is 0 Å². The summed E-state index contributed by atoms with van der Waals surface area (Å²) >= 11 is 5.90. The number of nitrogens with zero attached hydrogens (tertiary/aromatic N) is 5. The van der Waals surface area contributed by atoms with Crippen LogP contribution in [0.3, 0.4) is 0 Å². The van der Waals surface area contributed by atoms with E-state index in [1.165, 1.54) is 0 Å². The Balaban J connectivity index is 1.35. The van der Waals surface area contributed by atoms with E-state index in [0.717, 1.165) is 0 Å². The molecular formula is C23H32ClN7O3. The van der Waals surface area contributed by atoms with Crippen LogP contribution in [0.5, 0.6) is 0 Å². The molecule has 184 valence electrons. The Kier molecular flexibility index (Phi) is 6.64. The SMILES string of the molecule is CN1C=C2C(=O)N(N3CCN(C(=O)[C@H](NC(=O)Nc4ccc(Cl)cc4)C(C)(C)C)CC3)CN2C1. The Labute approximate surface area is 205 Å². The van der Waals surface area contributed by atoms with Crippen LogP contribution in [0, 0.1) is 5.41 Å². The molecule has 1 aromatic rings. The number of anilines is 1. The second-order valence-corrected chi connectivity index (χ2v) is 10.4. The predicted molar refractivity (Wildman–Crippen MR) is 129 cm³/mol. The highest BCUT2D eigenvalue weighted by atomic mass is 35.5. The highest BCUT2D eigenvalue weighted by Gasteiger charge is 2.42. The fourth-order valence-corrected chi connectivity index (χ4v) is 4.51. The van der Waals surface area contributed by atoms with Gasteiger partial charge in [-0.05, 0) is 29.7 Å². The number of amides is 4. The zero-order valence-corrected chi connectivity index (χ0v) is 20.8. The van der Waals surface area contributed by atoms with Gasteiger partial charge in [0.05, 0.1) is 6.67 Å². The van der Waals surface area contributed by atoms with Crippen molar-refractivity contribution in [3.63, 3.8) is 0 Å². The number of benzene rings is 1. The molecule has 0 radical (unpaired) electrons. The number of rotatable bonds is 4. The van der Waals surface area contributed by atoms with E-state index in [-0.39, 0.29) is 11.8 Å². The second kappa shape index (κ2) is 9.34. The Morgan fingerprint density at radius 1 is 1.03 bits per heavy atom. The number of fused-ring (bicyclic) bond motifs is 1. The van der Waals surface area contributed by atoms with Gasteiger partial charge in [0.1, 0.15) is 18.4 Å². The molecule has 4 rings (SSSR count). The van der Waals surface area contributed by atoms with Crippen LogP contribution in [0.25, 0.3) is 0 Å². The smallest absolute Gasteiger partial charge is 0.319 e. The summed E-state index contributed by atoms with van der Waals surface area (Å²) in [5, 5.41) is 9.96. The molecular weight excluding hydrogens is 458 g/mol. The fraction of sp³-hybridized carbons (Fsp3) is 0.522. The maximum Gasteiger partial charge on any atom is 0.319 e. The summed E-state index contributed by atoms with van der Waals surface area (Å²) in [6.07, 6.45) is 1.87. The maximum atomic E-state index is 13.4. The van der Waals surface area contributed by atoms with E-state index in [0.29, 0.717) is 55.9 Å². The van der Waals surface area contributed by atoms with E-state index >= 15 is 0 Å². The largest absolute Gasteiger partial charge is 0.361 e. The first-order chi connectivity index (χ1) is 16.0. The molecule has 1 aromatic carbocycles. The molecule has 11 heteroatoms. The zero-order chi connectivity index (χ0) is 24.6. The average Bonchev–Trinajstić information content (AvgIpc) is 3.29. The van der Waals surface area contributed by atoms with Crippen molar-refractivity contribution in [2.45, 2.75) is 26.8 Å². The van der Waals surface area contributed by atoms with Gasteiger partial charge in [0.15, 0.2) is 0 Å². The van der Waals surface area contributed by atoms with Gasteiger partial charge in [-0.1, -0.05) is 32.4 Å². The van der Waals surface area contributed by atoms with Crippen molar-refractivity contribution in [3.05, 3.63) is 41.2 Å². The van der Waals surface area contributed by atoms with Crippen LogP contribution in [0.4, 0.5) is 10.5 Å². The molecule has 0 aliphatic carbocycles. The quantitative estimate of drug-likeness (QED) is 0.670. The third-order valence-electron chi connectivity index (χ3n) is 6.24. The van der Waals surface area contributed by atoms with Crippen LogP contribution in [0.2, 0.25) is 5.02 Å². The minimum absolute atomic E-state index is 0.00256. The highest BCUT2D eigenvalue weighted by Crippen LogP contribution is 2.27. The average molecular weight is 490 g/mol. The van der Waals surface area contributed by atoms with Gasteiger partial charge in [0.25, 0.3) is 5.91 Å². The van der Waals surface area contributed by atoms with E-state index in [1.807, 2.05) is 48.8 Å². The molecule has 10 nitrogen and oxygen atoms in total. The molecule has 0 bridgehead atoms. The number of urea groups is 1. The van der Waals surface area contributed by atoms with E-state index in [2.05, 4.69) is 10.6 Å².